The van der Waals surface area contributed by atoms with Crippen LogP contribution in [0, 0.1) is 30.3 Å². The maximum atomic E-state index is 11.8. The number of aromatic amines is 1. The molecular weight excluding hydrogens is 322 g/mol. The van der Waals surface area contributed by atoms with Gasteiger partial charge in [-0.1, -0.05) is 0 Å². The van der Waals surface area contributed by atoms with E-state index in [1.54, 1.807) is 0 Å². The van der Waals surface area contributed by atoms with E-state index in [2.05, 4.69) is 4.98 Å². The Hall–Kier alpha value is -4.04. The molecule has 15 nitrogen and oxygen atoms in total. The van der Waals surface area contributed by atoms with E-state index < -0.39 is 37.5 Å². The van der Waals surface area contributed by atoms with Crippen molar-refractivity contribution >= 4 is 22.1 Å². The van der Waals surface area contributed by atoms with Gasteiger partial charge >= 0.3 is 11.4 Å². The number of benzene rings is 1. The summed E-state index contributed by atoms with van der Waals surface area (Å²) in [5.74, 6) is 0. The number of nitro groups is 3. The highest BCUT2D eigenvalue weighted by Crippen LogP contribution is 2.20. The number of fused-ring (bicyclic) bond motifs is 2. The van der Waals surface area contributed by atoms with E-state index in [9.17, 15) is 39.9 Å². The van der Waals surface area contributed by atoms with Crippen LogP contribution >= 0.6 is 0 Å². The van der Waals surface area contributed by atoms with E-state index in [0.717, 1.165) is 12.1 Å². The molecule has 23 heavy (non-hydrogen) atoms. The Balaban J connectivity index is 2.62. The van der Waals surface area contributed by atoms with Crippen LogP contribution in [0.2, 0.25) is 0 Å². The minimum absolute atomic E-state index is 0.0625. The molecule has 0 bridgehead atoms. The van der Waals surface area contributed by atoms with Crippen LogP contribution in [0.3, 0.4) is 0 Å². The number of imidazole rings is 2. The molecule has 0 atom stereocenters. The van der Waals surface area contributed by atoms with Crippen LogP contribution in [0.4, 0.5) is 0 Å². The molecule has 0 saturated carbocycles. The van der Waals surface area contributed by atoms with Gasteiger partial charge < -0.3 is 4.98 Å². The maximum absolute atomic E-state index is 11.8. The second-order valence-electron chi connectivity index (χ2n) is 4.22. The lowest BCUT2D eigenvalue weighted by Crippen LogP contribution is -2.31. The molecule has 0 unspecified atom stereocenters. The quantitative estimate of drug-likeness (QED) is 0.446. The first-order chi connectivity index (χ1) is 10.7. The first kappa shape index (κ1) is 13.9. The SMILES string of the molecule is O=c1[nH]c2cc3c(cc2n1[N+](=O)[O-])n([N+](=O)[O-])c(=O)n3[N+](=O)[O-]. The molecule has 0 aliphatic carbocycles. The molecule has 0 saturated heterocycles. The van der Waals surface area contributed by atoms with Gasteiger partial charge in [-0.05, 0) is 10.7 Å². The first-order valence-corrected chi connectivity index (χ1v) is 5.60. The highest BCUT2D eigenvalue weighted by Gasteiger charge is 2.29. The summed E-state index contributed by atoms with van der Waals surface area (Å²) in [5, 5.41) is 29.3. The molecule has 3 rings (SSSR count). The fourth-order valence-corrected chi connectivity index (χ4v) is 2.23. The van der Waals surface area contributed by atoms with Crippen molar-refractivity contribution in [1.82, 2.24) is 19.0 Å². The molecule has 0 spiro atoms. The standard InChI is InChI=1S/C8H3N7O8/c16-7-9-3-1-5-6(2-4(3)10(7)13(18)19)12(15(22)23)8(17)11(5)14(20)21/h1-2H,(H,9,16). The molecule has 0 fully saturated rings. The fourth-order valence-electron chi connectivity index (χ4n) is 2.23. The third kappa shape index (κ3) is 1.69. The van der Waals surface area contributed by atoms with Crippen LogP contribution in [0.1, 0.15) is 0 Å². The molecule has 15 heteroatoms. The third-order valence-electron chi connectivity index (χ3n) is 3.06. The number of aromatic nitrogens is 4. The average Bonchev–Trinajstić information content (AvgIpc) is 2.87. The number of nitrogens with one attached hydrogen (secondary N) is 1. The lowest BCUT2D eigenvalue weighted by molar-refractivity contribution is -0.561. The van der Waals surface area contributed by atoms with Crippen molar-refractivity contribution in [3.63, 3.8) is 0 Å². The number of rotatable bonds is 3. The predicted molar refractivity (Wildman–Crippen MR) is 69.5 cm³/mol. The van der Waals surface area contributed by atoms with E-state index in [4.69, 9.17) is 0 Å². The summed E-state index contributed by atoms with van der Waals surface area (Å²) in [6, 6.07) is 1.64. The van der Waals surface area contributed by atoms with Gasteiger partial charge in [0.25, 0.3) is 0 Å². The van der Waals surface area contributed by atoms with Gasteiger partial charge in [0.05, 0.1) is 5.52 Å². The Morgan fingerprint density at radius 1 is 0.783 bits per heavy atom. The summed E-state index contributed by atoms with van der Waals surface area (Å²) in [5.41, 5.74) is -4.38. The van der Waals surface area contributed by atoms with Crippen molar-refractivity contribution in [3.8, 4) is 0 Å². The predicted octanol–water partition coefficient (Wildman–Crippen LogP) is -1.43. The second kappa shape index (κ2) is 4.23. The van der Waals surface area contributed by atoms with Crippen LogP contribution in [0.5, 0.6) is 0 Å². The van der Waals surface area contributed by atoms with Crippen molar-refractivity contribution in [1.29, 1.82) is 0 Å². The van der Waals surface area contributed by atoms with Gasteiger partial charge in [-0.2, -0.15) is 0 Å². The van der Waals surface area contributed by atoms with E-state index in [1.807, 2.05) is 0 Å². The number of nitrogens with zero attached hydrogens (tertiary/aromatic N) is 6. The fraction of sp³-hybridized carbons (Fsp3) is 0. The second-order valence-corrected chi connectivity index (χ2v) is 4.22. The Morgan fingerprint density at radius 3 is 1.74 bits per heavy atom. The van der Waals surface area contributed by atoms with Crippen LogP contribution in [-0.4, -0.2) is 34.1 Å². The zero-order chi connectivity index (χ0) is 17.0. The number of hydrogen-bond acceptors (Lipinski definition) is 8. The highest BCUT2D eigenvalue weighted by molar-refractivity contribution is 5.91. The topological polar surface area (TPSA) is 194 Å². The van der Waals surface area contributed by atoms with Crippen LogP contribution in [0.15, 0.2) is 21.7 Å². The minimum atomic E-state index is -1.57. The third-order valence-corrected chi connectivity index (χ3v) is 3.06. The summed E-state index contributed by atoms with van der Waals surface area (Å²) >= 11 is 0. The molecule has 0 aliphatic heterocycles. The van der Waals surface area contributed by atoms with Crippen LogP contribution < -0.4 is 11.4 Å². The molecular formula is C8H3N7O8. The zero-order valence-electron chi connectivity index (χ0n) is 10.6. The molecule has 0 aliphatic rings. The molecule has 0 amide bonds. The zero-order valence-corrected chi connectivity index (χ0v) is 10.6. The van der Waals surface area contributed by atoms with Crippen molar-refractivity contribution in [2.75, 3.05) is 0 Å². The van der Waals surface area contributed by atoms with Gasteiger partial charge in [0, 0.05) is 15.4 Å². The molecule has 1 aromatic carbocycles. The largest absolute Gasteiger partial charge is 0.446 e. The van der Waals surface area contributed by atoms with Gasteiger partial charge in [0.15, 0.2) is 15.1 Å². The van der Waals surface area contributed by atoms with E-state index in [1.165, 1.54) is 0 Å². The van der Waals surface area contributed by atoms with Crippen LogP contribution in [0.25, 0.3) is 22.1 Å². The summed E-state index contributed by atoms with van der Waals surface area (Å²) in [6.07, 6.45) is 0. The van der Waals surface area contributed by atoms with Gasteiger partial charge in [-0.15, -0.1) is 0 Å². The summed E-state index contributed by atoms with van der Waals surface area (Å²) in [6.45, 7) is 0. The summed E-state index contributed by atoms with van der Waals surface area (Å²) < 4.78 is -0.175. The molecule has 1 N–H and O–H groups in total. The first-order valence-electron chi connectivity index (χ1n) is 5.60. The lowest BCUT2D eigenvalue weighted by Gasteiger charge is -1.94. The Bertz CT molecular complexity index is 1140. The summed E-state index contributed by atoms with van der Waals surface area (Å²) in [4.78, 5) is 58.1. The van der Waals surface area contributed by atoms with Crippen LogP contribution in [-0.2, 0) is 0 Å². The van der Waals surface area contributed by atoms with Gasteiger partial charge in [-0.25, -0.2) is 39.9 Å². The normalized spacial score (nSPS) is 11.1. The van der Waals surface area contributed by atoms with Crippen molar-refractivity contribution < 1.29 is 15.1 Å². The Labute approximate surface area is 120 Å². The average molecular weight is 325 g/mol. The Morgan fingerprint density at radius 2 is 1.26 bits per heavy atom. The highest BCUT2D eigenvalue weighted by atomic mass is 16.7. The van der Waals surface area contributed by atoms with Gasteiger partial charge in [0.1, 0.15) is 16.6 Å². The lowest BCUT2D eigenvalue weighted by atomic mass is 10.3. The minimum Gasteiger partial charge on any atom is -0.301 e. The van der Waals surface area contributed by atoms with E-state index >= 15 is 0 Å². The monoisotopic (exact) mass is 325 g/mol. The Kier molecular flexibility index (Phi) is 2.56. The van der Waals surface area contributed by atoms with Crippen molar-refractivity contribution in [2.45, 2.75) is 0 Å². The number of H-pyrrole nitrogens is 1. The molecule has 118 valence electrons. The van der Waals surface area contributed by atoms with Crippen molar-refractivity contribution in [2.24, 2.45) is 0 Å². The van der Waals surface area contributed by atoms with E-state index in [-0.39, 0.29) is 25.1 Å². The van der Waals surface area contributed by atoms with Crippen molar-refractivity contribution in [3.05, 3.63) is 63.4 Å². The molecule has 2 heterocycles. The smallest absolute Gasteiger partial charge is 0.301 e. The van der Waals surface area contributed by atoms with Gasteiger partial charge in [-0.3, -0.25) is 0 Å². The van der Waals surface area contributed by atoms with Gasteiger partial charge in [0.2, 0.25) is 0 Å². The van der Waals surface area contributed by atoms with E-state index in [0.29, 0.717) is 0 Å². The molecule has 2 aromatic heterocycles. The maximum Gasteiger partial charge on any atom is 0.446 e. The molecule has 0 radical (unpaired) electrons. The summed E-state index contributed by atoms with van der Waals surface area (Å²) in [7, 11) is 0. The number of hydrogen-bond donors (Lipinski definition) is 1. The molecule has 3 aromatic rings.